The number of ether oxygens (including phenoxy) is 1. The molecule has 0 unspecified atom stereocenters. The molecule has 0 spiro atoms. The number of pyridine rings is 1. The van der Waals surface area contributed by atoms with Crippen LogP contribution < -0.4 is 4.74 Å². The number of carbonyl (C=O) groups is 1. The monoisotopic (exact) mass is 245 g/mol. The zero-order chi connectivity index (χ0) is 13.0. The molecule has 0 amide bonds. The highest BCUT2D eigenvalue weighted by molar-refractivity contribution is 5.75. The van der Waals surface area contributed by atoms with E-state index in [-0.39, 0.29) is 12.2 Å². The lowest BCUT2D eigenvalue weighted by Crippen LogP contribution is -2.01. The Morgan fingerprint density at radius 2 is 2.22 bits per heavy atom. The number of aromatic nitrogens is 1. The van der Waals surface area contributed by atoms with Crippen LogP contribution in [-0.4, -0.2) is 11.3 Å². The number of aldehydes is 1. The molecule has 92 valence electrons. The Bertz CT molecular complexity index is 569. The van der Waals surface area contributed by atoms with E-state index in [1.54, 1.807) is 6.20 Å². The van der Waals surface area contributed by atoms with E-state index in [1.165, 1.54) is 12.1 Å². The van der Waals surface area contributed by atoms with Crippen LogP contribution >= 0.6 is 0 Å². The van der Waals surface area contributed by atoms with Gasteiger partial charge in [-0.05, 0) is 30.7 Å². The van der Waals surface area contributed by atoms with Crippen LogP contribution in [0.2, 0.25) is 0 Å². The SMILES string of the molecule is Cc1cccnc1COc1cc(F)cc(C=O)c1. The van der Waals surface area contributed by atoms with Crippen molar-refractivity contribution in [3.8, 4) is 5.75 Å². The van der Waals surface area contributed by atoms with Crippen LogP contribution in [0.3, 0.4) is 0 Å². The molecule has 0 saturated heterocycles. The van der Waals surface area contributed by atoms with Gasteiger partial charge in [0.05, 0.1) is 5.69 Å². The summed E-state index contributed by atoms with van der Waals surface area (Å²) in [5.74, 6) is -0.172. The normalized spacial score (nSPS) is 10.1. The summed E-state index contributed by atoms with van der Waals surface area (Å²) < 4.78 is 18.6. The van der Waals surface area contributed by atoms with Crippen molar-refractivity contribution < 1.29 is 13.9 Å². The molecule has 2 aromatic rings. The van der Waals surface area contributed by atoms with Gasteiger partial charge in [-0.25, -0.2) is 4.39 Å². The molecule has 0 aliphatic heterocycles. The molecule has 0 N–H and O–H groups in total. The van der Waals surface area contributed by atoms with Gasteiger partial charge in [-0.1, -0.05) is 6.07 Å². The van der Waals surface area contributed by atoms with Crippen molar-refractivity contribution in [3.05, 3.63) is 59.2 Å². The Hall–Kier alpha value is -2.23. The molecule has 1 aromatic heterocycles. The molecule has 0 aliphatic rings. The van der Waals surface area contributed by atoms with Crippen LogP contribution in [0.15, 0.2) is 36.5 Å². The zero-order valence-electron chi connectivity index (χ0n) is 9.89. The molecule has 1 heterocycles. The molecule has 0 bridgehead atoms. The predicted molar refractivity (Wildman–Crippen MR) is 65.1 cm³/mol. The minimum atomic E-state index is -0.493. The van der Waals surface area contributed by atoms with Gasteiger partial charge < -0.3 is 4.74 Å². The van der Waals surface area contributed by atoms with E-state index in [2.05, 4.69) is 4.98 Å². The van der Waals surface area contributed by atoms with Gasteiger partial charge in [-0.3, -0.25) is 9.78 Å². The summed E-state index contributed by atoms with van der Waals surface area (Å²) in [6, 6.07) is 7.66. The Morgan fingerprint density at radius 1 is 1.39 bits per heavy atom. The first-order valence-electron chi connectivity index (χ1n) is 5.48. The summed E-state index contributed by atoms with van der Waals surface area (Å²) >= 11 is 0. The summed E-state index contributed by atoms with van der Waals surface area (Å²) in [5, 5.41) is 0. The van der Waals surface area contributed by atoms with Crippen LogP contribution in [0.4, 0.5) is 4.39 Å². The lowest BCUT2D eigenvalue weighted by atomic mass is 10.2. The summed E-state index contributed by atoms with van der Waals surface area (Å²) in [6.45, 7) is 2.17. The van der Waals surface area contributed by atoms with Crippen molar-refractivity contribution in [2.24, 2.45) is 0 Å². The summed E-state index contributed by atoms with van der Waals surface area (Å²) in [7, 11) is 0. The number of nitrogens with zero attached hydrogens (tertiary/aromatic N) is 1. The van der Waals surface area contributed by atoms with E-state index in [9.17, 15) is 9.18 Å². The second kappa shape index (κ2) is 5.40. The molecule has 0 fully saturated rings. The van der Waals surface area contributed by atoms with Gasteiger partial charge in [0, 0.05) is 17.8 Å². The second-order valence-corrected chi connectivity index (χ2v) is 3.89. The number of aryl methyl sites for hydroxylation is 1. The van der Waals surface area contributed by atoms with Crippen molar-refractivity contribution in [1.29, 1.82) is 0 Å². The van der Waals surface area contributed by atoms with Crippen molar-refractivity contribution in [1.82, 2.24) is 4.98 Å². The smallest absolute Gasteiger partial charge is 0.150 e. The van der Waals surface area contributed by atoms with Gasteiger partial charge >= 0.3 is 0 Å². The molecule has 0 aliphatic carbocycles. The lowest BCUT2D eigenvalue weighted by Gasteiger charge is -2.08. The first kappa shape index (κ1) is 12.2. The maximum atomic E-state index is 13.2. The average molecular weight is 245 g/mol. The molecule has 2 rings (SSSR count). The highest BCUT2D eigenvalue weighted by Crippen LogP contribution is 2.17. The number of carbonyl (C=O) groups excluding carboxylic acids is 1. The Kier molecular flexibility index (Phi) is 3.67. The van der Waals surface area contributed by atoms with Crippen LogP contribution in [0.5, 0.6) is 5.75 Å². The third-order valence-corrected chi connectivity index (χ3v) is 2.52. The van der Waals surface area contributed by atoms with Crippen LogP contribution in [-0.2, 0) is 6.61 Å². The number of benzene rings is 1. The number of hydrogen-bond donors (Lipinski definition) is 0. The van der Waals surface area contributed by atoms with Crippen molar-refractivity contribution in [3.63, 3.8) is 0 Å². The minimum absolute atomic E-state index is 0.244. The zero-order valence-corrected chi connectivity index (χ0v) is 9.89. The molecule has 0 saturated carbocycles. The van der Waals surface area contributed by atoms with Gasteiger partial charge in [-0.15, -0.1) is 0 Å². The van der Waals surface area contributed by atoms with E-state index in [4.69, 9.17) is 4.74 Å². The molecular formula is C14H12FNO2. The quantitative estimate of drug-likeness (QED) is 0.777. The fourth-order valence-electron chi connectivity index (χ4n) is 1.56. The van der Waals surface area contributed by atoms with Gasteiger partial charge in [0.2, 0.25) is 0 Å². The Balaban J connectivity index is 2.13. The molecule has 18 heavy (non-hydrogen) atoms. The third-order valence-electron chi connectivity index (χ3n) is 2.52. The maximum Gasteiger partial charge on any atom is 0.150 e. The van der Waals surface area contributed by atoms with E-state index in [0.717, 1.165) is 17.3 Å². The first-order chi connectivity index (χ1) is 8.69. The highest BCUT2D eigenvalue weighted by Gasteiger charge is 2.03. The molecule has 0 radical (unpaired) electrons. The van der Waals surface area contributed by atoms with E-state index >= 15 is 0 Å². The van der Waals surface area contributed by atoms with Gasteiger partial charge in [0.1, 0.15) is 24.5 Å². The summed E-state index contributed by atoms with van der Waals surface area (Å²) in [4.78, 5) is 14.8. The molecule has 4 heteroatoms. The molecular weight excluding hydrogens is 233 g/mol. The standard InChI is InChI=1S/C14H12FNO2/c1-10-3-2-4-16-14(10)9-18-13-6-11(8-17)5-12(15)7-13/h2-8H,9H2,1H3. The topological polar surface area (TPSA) is 39.2 Å². The molecule has 3 nitrogen and oxygen atoms in total. The Morgan fingerprint density at radius 3 is 2.94 bits per heavy atom. The van der Waals surface area contributed by atoms with E-state index in [0.29, 0.717) is 12.0 Å². The van der Waals surface area contributed by atoms with Crippen molar-refractivity contribution >= 4 is 6.29 Å². The number of rotatable bonds is 4. The lowest BCUT2D eigenvalue weighted by molar-refractivity contribution is 0.112. The van der Waals surface area contributed by atoms with Gasteiger partial charge in [0.15, 0.2) is 0 Å². The fourth-order valence-corrected chi connectivity index (χ4v) is 1.56. The predicted octanol–water partition coefficient (Wildman–Crippen LogP) is 2.92. The second-order valence-electron chi connectivity index (χ2n) is 3.89. The Labute approximate surface area is 104 Å². The molecule has 1 aromatic carbocycles. The maximum absolute atomic E-state index is 13.2. The van der Waals surface area contributed by atoms with Crippen molar-refractivity contribution in [2.45, 2.75) is 13.5 Å². The van der Waals surface area contributed by atoms with E-state index < -0.39 is 5.82 Å². The average Bonchev–Trinajstić information content (AvgIpc) is 2.37. The number of halogens is 1. The van der Waals surface area contributed by atoms with Gasteiger partial charge in [0.25, 0.3) is 0 Å². The minimum Gasteiger partial charge on any atom is -0.487 e. The summed E-state index contributed by atoms with van der Waals surface area (Å²) in [5.41, 5.74) is 2.04. The third kappa shape index (κ3) is 2.91. The molecule has 0 atom stereocenters. The van der Waals surface area contributed by atoms with Crippen molar-refractivity contribution in [2.75, 3.05) is 0 Å². The van der Waals surface area contributed by atoms with Crippen LogP contribution in [0, 0.1) is 12.7 Å². The number of hydrogen-bond acceptors (Lipinski definition) is 3. The van der Waals surface area contributed by atoms with E-state index in [1.807, 2.05) is 19.1 Å². The van der Waals surface area contributed by atoms with Gasteiger partial charge in [-0.2, -0.15) is 0 Å². The van der Waals surface area contributed by atoms with Crippen LogP contribution in [0.25, 0.3) is 0 Å². The fraction of sp³-hybridized carbons (Fsp3) is 0.143. The van der Waals surface area contributed by atoms with Crippen LogP contribution in [0.1, 0.15) is 21.6 Å². The highest BCUT2D eigenvalue weighted by atomic mass is 19.1. The summed E-state index contributed by atoms with van der Waals surface area (Å²) in [6.07, 6.45) is 2.26. The largest absolute Gasteiger partial charge is 0.487 e. The first-order valence-corrected chi connectivity index (χ1v) is 5.48.